The molecule has 0 unspecified atom stereocenters. The van der Waals surface area contributed by atoms with E-state index in [4.69, 9.17) is 11.6 Å². The third-order valence-electron chi connectivity index (χ3n) is 8.61. The highest BCUT2D eigenvalue weighted by atomic mass is 35.5. The van der Waals surface area contributed by atoms with Gasteiger partial charge in [0.05, 0.1) is 18.4 Å². The van der Waals surface area contributed by atoms with Gasteiger partial charge in [0, 0.05) is 55.1 Å². The minimum atomic E-state index is -0.170. The number of H-pyrrole nitrogens is 1. The zero-order valence-corrected chi connectivity index (χ0v) is 25.4. The summed E-state index contributed by atoms with van der Waals surface area (Å²) in [4.78, 5) is 48.3. The molecule has 7 rings (SSSR count). The number of amides is 1. The number of aromatic amines is 1. The van der Waals surface area contributed by atoms with Crippen molar-refractivity contribution in [2.24, 2.45) is 5.41 Å². The molecule has 10 nitrogen and oxygen atoms in total. The number of pyridine rings is 1. The molecule has 6 heterocycles. The van der Waals surface area contributed by atoms with Gasteiger partial charge in [0.2, 0.25) is 5.28 Å². The summed E-state index contributed by atoms with van der Waals surface area (Å²) < 4.78 is 3.42. The number of nitrogens with one attached hydrogen (secondary N) is 1. The Kier molecular flexibility index (Phi) is 6.85. The first-order valence-corrected chi connectivity index (χ1v) is 15.3. The van der Waals surface area contributed by atoms with E-state index in [1.165, 1.54) is 5.56 Å². The van der Waals surface area contributed by atoms with Gasteiger partial charge in [-0.1, -0.05) is 20.8 Å². The number of hydrogen-bond donors (Lipinski definition) is 1. The second kappa shape index (κ2) is 10.6. The number of likely N-dealkylation sites (tertiary alicyclic amines) is 1. The first kappa shape index (κ1) is 27.8. The standard InChI is InChI=1S/C32H35ClN8O2/c1-32(2,3)19-38-14-10-22(11-15-38)41-28-26(17-35-30(33)37-28)40(31(41)43)21-8-6-20(7-9-21)29(42)39-16-12-23-24-5-4-13-34-27(24)36-25(23)18-39/h4-9,13,17,22H,10-12,14-16,18-19H2,1-3H3,(H,34,36). The van der Waals surface area contributed by atoms with Gasteiger partial charge in [0.25, 0.3) is 5.91 Å². The van der Waals surface area contributed by atoms with Crippen LogP contribution < -0.4 is 5.69 Å². The molecule has 4 aromatic heterocycles. The van der Waals surface area contributed by atoms with Crippen molar-refractivity contribution < 1.29 is 4.79 Å². The number of piperidine rings is 1. The number of imidazole rings is 1. The van der Waals surface area contributed by atoms with Crippen LogP contribution in [0.4, 0.5) is 0 Å². The first-order chi connectivity index (χ1) is 20.7. The van der Waals surface area contributed by atoms with Gasteiger partial charge in [-0.05, 0) is 78.2 Å². The molecule has 0 aliphatic carbocycles. The largest absolute Gasteiger partial charge is 0.341 e. The first-order valence-electron chi connectivity index (χ1n) is 14.9. The molecule has 5 aromatic rings. The predicted octanol–water partition coefficient (Wildman–Crippen LogP) is 4.99. The maximum atomic E-state index is 14.0. The van der Waals surface area contributed by atoms with Crippen LogP contribution in [-0.4, -0.2) is 71.0 Å². The van der Waals surface area contributed by atoms with E-state index >= 15 is 0 Å². The monoisotopic (exact) mass is 598 g/mol. The van der Waals surface area contributed by atoms with Crippen LogP contribution in [0.25, 0.3) is 27.9 Å². The Morgan fingerprint density at radius 3 is 2.58 bits per heavy atom. The summed E-state index contributed by atoms with van der Waals surface area (Å²) >= 11 is 6.21. The molecule has 43 heavy (non-hydrogen) atoms. The van der Waals surface area contributed by atoms with E-state index in [0.29, 0.717) is 35.5 Å². The Morgan fingerprint density at radius 1 is 1.07 bits per heavy atom. The van der Waals surface area contributed by atoms with Crippen molar-refractivity contribution in [1.82, 2.24) is 38.9 Å². The van der Waals surface area contributed by atoms with Crippen molar-refractivity contribution in [1.29, 1.82) is 0 Å². The van der Waals surface area contributed by atoms with Crippen molar-refractivity contribution in [3.05, 3.63) is 81.4 Å². The summed E-state index contributed by atoms with van der Waals surface area (Å²) in [5.41, 5.74) is 5.55. The number of carbonyl (C=O) groups excluding carboxylic acids is 1. The number of benzene rings is 1. The number of hydrogen-bond acceptors (Lipinski definition) is 6. The minimum Gasteiger partial charge on any atom is -0.341 e. The van der Waals surface area contributed by atoms with Gasteiger partial charge in [-0.2, -0.15) is 4.98 Å². The molecule has 0 radical (unpaired) electrons. The number of halogens is 1. The molecule has 0 bridgehead atoms. The van der Waals surface area contributed by atoms with Crippen LogP contribution in [0.5, 0.6) is 0 Å². The van der Waals surface area contributed by atoms with Gasteiger partial charge in [-0.3, -0.25) is 13.9 Å². The van der Waals surface area contributed by atoms with Gasteiger partial charge >= 0.3 is 5.69 Å². The summed E-state index contributed by atoms with van der Waals surface area (Å²) in [5.74, 6) is -0.0456. The summed E-state index contributed by atoms with van der Waals surface area (Å²) in [5, 5.41) is 1.24. The summed E-state index contributed by atoms with van der Waals surface area (Å²) in [6.45, 7) is 10.7. The van der Waals surface area contributed by atoms with Crippen LogP contribution in [0.15, 0.2) is 53.6 Å². The quantitative estimate of drug-likeness (QED) is 0.292. The molecular formula is C32H35ClN8O2. The topological polar surface area (TPSA) is 105 Å². The third-order valence-corrected chi connectivity index (χ3v) is 8.80. The fraction of sp³-hybridized carbons (Fsp3) is 0.406. The van der Waals surface area contributed by atoms with E-state index in [0.717, 1.165) is 55.6 Å². The molecule has 11 heteroatoms. The predicted molar refractivity (Wildman–Crippen MR) is 167 cm³/mol. The molecule has 1 fully saturated rings. The Morgan fingerprint density at radius 2 is 1.84 bits per heavy atom. The highest BCUT2D eigenvalue weighted by Gasteiger charge is 2.29. The fourth-order valence-corrected chi connectivity index (χ4v) is 6.87. The van der Waals surface area contributed by atoms with Crippen molar-refractivity contribution in [2.75, 3.05) is 26.2 Å². The van der Waals surface area contributed by atoms with E-state index in [-0.39, 0.29) is 28.3 Å². The van der Waals surface area contributed by atoms with Crippen molar-refractivity contribution in [3.63, 3.8) is 0 Å². The third kappa shape index (κ3) is 5.12. The van der Waals surface area contributed by atoms with Crippen LogP contribution in [0.3, 0.4) is 0 Å². The Labute approximate surface area is 254 Å². The van der Waals surface area contributed by atoms with Gasteiger partial charge in [0.1, 0.15) is 11.2 Å². The average Bonchev–Trinajstić information content (AvgIpc) is 3.50. The van der Waals surface area contributed by atoms with Crippen LogP contribution in [0, 0.1) is 5.41 Å². The zero-order valence-electron chi connectivity index (χ0n) is 24.7. The molecular weight excluding hydrogens is 564 g/mol. The van der Waals surface area contributed by atoms with Crippen LogP contribution >= 0.6 is 11.6 Å². The Hall–Kier alpha value is -4.02. The van der Waals surface area contributed by atoms with Crippen LogP contribution in [0.1, 0.15) is 61.3 Å². The molecule has 0 atom stereocenters. The molecule has 1 saturated heterocycles. The Balaban J connectivity index is 1.15. The van der Waals surface area contributed by atoms with Crippen molar-refractivity contribution in [3.8, 4) is 5.69 Å². The van der Waals surface area contributed by atoms with Crippen LogP contribution in [-0.2, 0) is 13.0 Å². The molecule has 1 aromatic carbocycles. The van der Waals surface area contributed by atoms with Crippen LogP contribution in [0.2, 0.25) is 5.28 Å². The van der Waals surface area contributed by atoms with E-state index < -0.39 is 0 Å². The molecule has 1 amide bonds. The van der Waals surface area contributed by atoms with E-state index in [1.807, 2.05) is 23.1 Å². The van der Waals surface area contributed by atoms with E-state index in [9.17, 15) is 9.59 Å². The number of aromatic nitrogens is 6. The normalized spacial score (nSPS) is 16.7. The maximum Gasteiger partial charge on any atom is 0.335 e. The lowest BCUT2D eigenvalue weighted by atomic mass is 9.94. The Bertz CT molecular complexity index is 1890. The summed E-state index contributed by atoms with van der Waals surface area (Å²) in [6, 6.07) is 11.2. The molecule has 222 valence electrons. The van der Waals surface area contributed by atoms with Gasteiger partial charge in [-0.15, -0.1) is 0 Å². The lowest BCUT2D eigenvalue weighted by Crippen LogP contribution is -2.41. The number of fused-ring (bicyclic) bond motifs is 4. The fourth-order valence-electron chi connectivity index (χ4n) is 6.74. The second-order valence-electron chi connectivity index (χ2n) is 12.9. The number of carbonyl (C=O) groups is 1. The summed E-state index contributed by atoms with van der Waals surface area (Å²) in [7, 11) is 0. The number of rotatable bonds is 4. The highest BCUT2D eigenvalue weighted by Crippen LogP contribution is 2.30. The average molecular weight is 599 g/mol. The zero-order chi connectivity index (χ0) is 29.9. The van der Waals surface area contributed by atoms with E-state index in [1.54, 1.807) is 33.7 Å². The van der Waals surface area contributed by atoms with Crippen molar-refractivity contribution in [2.45, 2.75) is 52.6 Å². The number of nitrogens with zero attached hydrogens (tertiary/aromatic N) is 7. The molecule has 2 aliphatic heterocycles. The smallest absolute Gasteiger partial charge is 0.335 e. The highest BCUT2D eigenvalue weighted by molar-refractivity contribution is 6.28. The lowest BCUT2D eigenvalue weighted by Gasteiger charge is -2.36. The maximum absolute atomic E-state index is 14.0. The molecule has 2 aliphatic rings. The molecule has 0 saturated carbocycles. The lowest BCUT2D eigenvalue weighted by molar-refractivity contribution is 0.0733. The van der Waals surface area contributed by atoms with E-state index in [2.05, 4.69) is 51.7 Å². The molecule has 0 spiro atoms. The SMILES string of the molecule is CC(C)(C)CN1CCC(n2c(=O)n(-c3ccc(C(=O)N4CCc5c([nH]c6ncccc56)C4)cc3)c3cnc(Cl)nc32)CC1. The molecule has 1 N–H and O–H groups in total. The van der Waals surface area contributed by atoms with Gasteiger partial charge < -0.3 is 14.8 Å². The minimum absolute atomic E-state index is 0.0168. The van der Waals surface area contributed by atoms with Gasteiger partial charge in [0.15, 0.2) is 5.65 Å². The second-order valence-corrected chi connectivity index (χ2v) is 13.2. The van der Waals surface area contributed by atoms with Crippen molar-refractivity contribution >= 4 is 39.7 Å². The summed E-state index contributed by atoms with van der Waals surface area (Å²) in [6.07, 6.45) is 5.87. The van der Waals surface area contributed by atoms with Gasteiger partial charge in [-0.25, -0.2) is 14.8 Å².